The van der Waals surface area contributed by atoms with E-state index in [1.165, 1.54) is 9.13 Å². The molecule has 1 unspecified atom stereocenters. The van der Waals surface area contributed by atoms with Crippen LogP contribution in [0.3, 0.4) is 0 Å². The van der Waals surface area contributed by atoms with Gasteiger partial charge in [0.15, 0.2) is 0 Å². The fraction of sp³-hybridized carbons (Fsp3) is 0.143. The van der Waals surface area contributed by atoms with Crippen LogP contribution in [0.2, 0.25) is 5.02 Å². The van der Waals surface area contributed by atoms with E-state index in [1.807, 2.05) is 18.2 Å². The van der Waals surface area contributed by atoms with Gasteiger partial charge in [0.25, 0.3) is 0 Å². The van der Waals surface area contributed by atoms with Crippen LogP contribution >= 0.6 is 56.8 Å². The van der Waals surface area contributed by atoms with Crippen molar-refractivity contribution in [1.82, 2.24) is 0 Å². The van der Waals surface area contributed by atoms with E-state index in [9.17, 15) is 0 Å². The molecule has 1 atom stereocenters. The van der Waals surface area contributed by atoms with Crippen molar-refractivity contribution in [1.29, 1.82) is 0 Å². The standard InChI is InChI=1S/C14H12ClI2N/c15-10-3-6-13(17)12(8-10)14(18)7-9-1-4-11(16)5-2-9/h1-6,8,14H,7,18H2. The molecule has 0 bridgehead atoms. The Balaban J connectivity index is 2.18. The summed E-state index contributed by atoms with van der Waals surface area (Å²) in [6.07, 6.45) is 0.827. The zero-order chi connectivity index (χ0) is 13.1. The second-order valence-corrected chi connectivity index (χ2v) is 6.95. The van der Waals surface area contributed by atoms with E-state index in [4.69, 9.17) is 17.3 Å². The van der Waals surface area contributed by atoms with Gasteiger partial charge < -0.3 is 5.73 Å². The van der Waals surface area contributed by atoms with Gasteiger partial charge in [-0.25, -0.2) is 0 Å². The Kier molecular flexibility index (Phi) is 5.29. The van der Waals surface area contributed by atoms with Crippen molar-refractivity contribution in [2.45, 2.75) is 12.5 Å². The van der Waals surface area contributed by atoms with Crippen LogP contribution in [-0.4, -0.2) is 0 Å². The van der Waals surface area contributed by atoms with E-state index in [0.717, 1.165) is 20.6 Å². The highest BCUT2D eigenvalue weighted by atomic mass is 127. The van der Waals surface area contributed by atoms with Gasteiger partial charge in [0.2, 0.25) is 0 Å². The summed E-state index contributed by atoms with van der Waals surface area (Å²) in [6.45, 7) is 0. The summed E-state index contributed by atoms with van der Waals surface area (Å²) in [7, 11) is 0. The number of hydrogen-bond acceptors (Lipinski definition) is 1. The molecule has 0 aromatic heterocycles. The molecular formula is C14H12ClI2N. The van der Waals surface area contributed by atoms with Gasteiger partial charge in [-0.05, 0) is 93.1 Å². The average molecular weight is 484 g/mol. The van der Waals surface area contributed by atoms with Gasteiger partial charge in [0.05, 0.1) is 0 Å². The summed E-state index contributed by atoms with van der Waals surface area (Å²) in [6, 6.07) is 14.3. The lowest BCUT2D eigenvalue weighted by atomic mass is 10.00. The van der Waals surface area contributed by atoms with E-state index < -0.39 is 0 Å². The molecule has 0 amide bonds. The molecule has 0 aliphatic rings. The minimum absolute atomic E-state index is 0.0179. The van der Waals surface area contributed by atoms with Crippen molar-refractivity contribution in [3.05, 3.63) is 65.8 Å². The summed E-state index contributed by atoms with van der Waals surface area (Å²) >= 11 is 10.6. The summed E-state index contributed by atoms with van der Waals surface area (Å²) in [4.78, 5) is 0. The first-order valence-corrected chi connectivity index (χ1v) is 8.05. The van der Waals surface area contributed by atoms with Crippen molar-refractivity contribution in [3.63, 3.8) is 0 Å². The van der Waals surface area contributed by atoms with E-state index in [-0.39, 0.29) is 6.04 Å². The normalized spacial score (nSPS) is 12.4. The van der Waals surface area contributed by atoms with Gasteiger partial charge in [-0.2, -0.15) is 0 Å². The molecule has 2 rings (SSSR count). The molecule has 2 aromatic rings. The summed E-state index contributed by atoms with van der Waals surface area (Å²) < 4.78 is 2.40. The highest BCUT2D eigenvalue weighted by molar-refractivity contribution is 14.1. The predicted molar refractivity (Wildman–Crippen MR) is 94.0 cm³/mol. The molecule has 0 aliphatic carbocycles. The summed E-state index contributed by atoms with van der Waals surface area (Å²) in [5, 5.41) is 0.739. The number of rotatable bonds is 3. The lowest BCUT2D eigenvalue weighted by Crippen LogP contribution is -2.14. The van der Waals surface area contributed by atoms with Crippen molar-refractivity contribution in [2.75, 3.05) is 0 Å². The first-order valence-electron chi connectivity index (χ1n) is 5.51. The number of benzene rings is 2. The minimum atomic E-state index is -0.0179. The third kappa shape index (κ3) is 3.82. The minimum Gasteiger partial charge on any atom is -0.324 e. The van der Waals surface area contributed by atoms with Gasteiger partial charge in [-0.1, -0.05) is 23.7 Å². The quantitative estimate of drug-likeness (QED) is 0.625. The monoisotopic (exact) mass is 483 g/mol. The fourth-order valence-corrected chi connectivity index (χ4v) is 3.06. The van der Waals surface area contributed by atoms with Crippen LogP contribution in [0.1, 0.15) is 17.2 Å². The SMILES string of the molecule is NC(Cc1ccc(I)cc1)c1cc(Cl)ccc1I. The second kappa shape index (κ2) is 6.54. The molecule has 0 saturated heterocycles. The van der Waals surface area contributed by atoms with Gasteiger partial charge in [0.1, 0.15) is 0 Å². The Morgan fingerprint density at radius 2 is 1.72 bits per heavy atom. The molecule has 94 valence electrons. The Bertz CT molecular complexity index is 540. The highest BCUT2D eigenvalue weighted by Crippen LogP contribution is 2.25. The largest absolute Gasteiger partial charge is 0.324 e. The second-order valence-electron chi connectivity index (χ2n) is 4.10. The van der Waals surface area contributed by atoms with Crippen LogP contribution in [-0.2, 0) is 6.42 Å². The van der Waals surface area contributed by atoms with Gasteiger partial charge in [-0.3, -0.25) is 0 Å². The van der Waals surface area contributed by atoms with Crippen LogP contribution in [0, 0.1) is 7.14 Å². The molecule has 0 aliphatic heterocycles. The highest BCUT2D eigenvalue weighted by Gasteiger charge is 2.11. The summed E-state index contributed by atoms with van der Waals surface area (Å²) in [5.74, 6) is 0. The topological polar surface area (TPSA) is 26.0 Å². The zero-order valence-corrected chi connectivity index (χ0v) is 14.6. The molecule has 0 spiro atoms. The van der Waals surface area contributed by atoms with Crippen molar-refractivity contribution in [2.24, 2.45) is 5.73 Å². The lowest BCUT2D eigenvalue weighted by Gasteiger charge is -2.14. The van der Waals surface area contributed by atoms with Crippen LogP contribution < -0.4 is 5.73 Å². The molecular weight excluding hydrogens is 471 g/mol. The third-order valence-corrected chi connectivity index (χ3v) is 4.66. The van der Waals surface area contributed by atoms with Crippen molar-refractivity contribution in [3.8, 4) is 0 Å². The van der Waals surface area contributed by atoms with Crippen LogP contribution in [0.4, 0.5) is 0 Å². The summed E-state index contributed by atoms with van der Waals surface area (Å²) in [5.41, 5.74) is 8.63. The maximum absolute atomic E-state index is 6.27. The molecule has 1 nitrogen and oxygen atoms in total. The molecule has 0 radical (unpaired) electrons. The van der Waals surface area contributed by atoms with Gasteiger partial charge >= 0.3 is 0 Å². The lowest BCUT2D eigenvalue weighted by molar-refractivity contribution is 0.718. The first-order chi connectivity index (χ1) is 8.56. The molecule has 0 fully saturated rings. The Morgan fingerprint density at radius 1 is 1.06 bits per heavy atom. The number of hydrogen-bond donors (Lipinski definition) is 1. The number of halogens is 3. The van der Waals surface area contributed by atoms with Gasteiger partial charge in [0, 0.05) is 18.2 Å². The Morgan fingerprint density at radius 3 is 2.39 bits per heavy atom. The van der Waals surface area contributed by atoms with E-state index in [0.29, 0.717) is 0 Å². The van der Waals surface area contributed by atoms with Crippen LogP contribution in [0.5, 0.6) is 0 Å². The van der Waals surface area contributed by atoms with Crippen molar-refractivity contribution >= 4 is 56.8 Å². The fourth-order valence-electron chi connectivity index (χ4n) is 1.78. The van der Waals surface area contributed by atoms with Gasteiger partial charge in [-0.15, -0.1) is 0 Å². The average Bonchev–Trinajstić information content (AvgIpc) is 2.35. The van der Waals surface area contributed by atoms with Crippen LogP contribution in [0.25, 0.3) is 0 Å². The maximum Gasteiger partial charge on any atom is 0.0410 e. The van der Waals surface area contributed by atoms with E-state index >= 15 is 0 Å². The Hall–Kier alpha value is 0.150. The molecule has 2 N–H and O–H groups in total. The Labute approximate surface area is 139 Å². The molecule has 2 aromatic carbocycles. The molecule has 0 saturated carbocycles. The molecule has 18 heavy (non-hydrogen) atoms. The third-order valence-electron chi connectivity index (χ3n) is 2.73. The molecule has 0 heterocycles. The van der Waals surface area contributed by atoms with E-state index in [2.05, 4.69) is 69.4 Å². The van der Waals surface area contributed by atoms with E-state index in [1.54, 1.807) is 0 Å². The van der Waals surface area contributed by atoms with Crippen molar-refractivity contribution < 1.29 is 0 Å². The maximum atomic E-state index is 6.27. The zero-order valence-electron chi connectivity index (χ0n) is 9.54. The number of nitrogens with two attached hydrogens (primary N) is 1. The molecule has 4 heteroatoms. The predicted octanol–water partition coefficient (Wildman–Crippen LogP) is 4.79. The first kappa shape index (κ1) is 14.6. The smallest absolute Gasteiger partial charge is 0.0410 e. The van der Waals surface area contributed by atoms with Crippen LogP contribution in [0.15, 0.2) is 42.5 Å².